The van der Waals surface area contributed by atoms with Gasteiger partial charge in [-0.15, -0.1) is 0 Å². The highest BCUT2D eigenvalue weighted by molar-refractivity contribution is 9.10. The monoisotopic (exact) mass is 538 g/mol. The lowest BCUT2D eigenvalue weighted by Crippen LogP contribution is -2.34. The first-order valence-corrected chi connectivity index (χ1v) is 13.4. The van der Waals surface area contributed by atoms with Crippen molar-refractivity contribution in [3.8, 4) is 11.1 Å². The predicted octanol–water partition coefficient (Wildman–Crippen LogP) is 8.50. The van der Waals surface area contributed by atoms with Crippen LogP contribution in [0.15, 0.2) is 89.4 Å². The van der Waals surface area contributed by atoms with Gasteiger partial charge in [-0.1, -0.05) is 114 Å². The van der Waals surface area contributed by atoms with Gasteiger partial charge in [-0.2, -0.15) is 0 Å². The van der Waals surface area contributed by atoms with Gasteiger partial charge < -0.3 is 9.47 Å². The molecular formula is C33H31BrO2. The maximum absolute atomic E-state index is 6.32. The van der Waals surface area contributed by atoms with E-state index in [9.17, 15) is 0 Å². The van der Waals surface area contributed by atoms with Crippen molar-refractivity contribution >= 4 is 15.9 Å². The van der Waals surface area contributed by atoms with E-state index in [-0.39, 0.29) is 11.7 Å². The molecule has 1 aliphatic heterocycles. The minimum absolute atomic E-state index is 0.0186. The Morgan fingerprint density at radius 1 is 0.722 bits per heavy atom. The van der Waals surface area contributed by atoms with Gasteiger partial charge in [0.25, 0.3) is 0 Å². The molecule has 0 radical (unpaired) electrons. The Kier molecular flexibility index (Phi) is 5.71. The smallest absolute Gasteiger partial charge is 0.184 e. The Balaban J connectivity index is 1.67. The van der Waals surface area contributed by atoms with Crippen LogP contribution in [-0.2, 0) is 14.9 Å². The van der Waals surface area contributed by atoms with Gasteiger partial charge in [0.05, 0.1) is 18.6 Å². The Morgan fingerprint density at radius 2 is 1.31 bits per heavy atom. The van der Waals surface area contributed by atoms with Crippen LogP contribution in [0.3, 0.4) is 0 Å². The molecule has 1 saturated heterocycles. The Morgan fingerprint density at radius 3 is 1.89 bits per heavy atom. The van der Waals surface area contributed by atoms with Gasteiger partial charge in [0.2, 0.25) is 0 Å². The first-order chi connectivity index (χ1) is 17.3. The first kappa shape index (κ1) is 23.7. The van der Waals surface area contributed by atoms with Crippen molar-refractivity contribution in [2.24, 2.45) is 5.41 Å². The van der Waals surface area contributed by atoms with Gasteiger partial charge in [-0.3, -0.25) is 0 Å². The molecule has 0 saturated carbocycles. The van der Waals surface area contributed by atoms with Crippen LogP contribution < -0.4 is 0 Å². The van der Waals surface area contributed by atoms with Gasteiger partial charge in [-0.05, 0) is 59.4 Å². The zero-order valence-electron chi connectivity index (χ0n) is 21.3. The largest absolute Gasteiger partial charge is 0.348 e. The quantitative estimate of drug-likeness (QED) is 0.229. The third-order valence-electron chi connectivity index (χ3n) is 7.63. The van der Waals surface area contributed by atoms with E-state index >= 15 is 0 Å². The summed E-state index contributed by atoms with van der Waals surface area (Å²) in [5.74, 6) is 0. The Bertz CT molecular complexity index is 1380. The molecule has 36 heavy (non-hydrogen) atoms. The zero-order chi connectivity index (χ0) is 25.1. The van der Waals surface area contributed by atoms with Crippen molar-refractivity contribution in [2.75, 3.05) is 13.2 Å². The number of rotatable bonds is 3. The summed E-state index contributed by atoms with van der Waals surface area (Å²) in [6, 6.07) is 31.4. The summed E-state index contributed by atoms with van der Waals surface area (Å²) in [5, 5.41) is 0. The van der Waals surface area contributed by atoms with E-state index in [1.165, 1.54) is 44.5 Å². The SMILES string of the molecule is Cc1ccc(C2(c3ccc(C)cc3)c3cc(Br)ccc3-c3c(C4OCC(C)(C)CO4)cccc32)cc1. The van der Waals surface area contributed by atoms with Gasteiger partial charge in [-0.25, -0.2) is 0 Å². The van der Waals surface area contributed by atoms with Crippen molar-refractivity contribution in [3.05, 3.63) is 128 Å². The lowest BCUT2D eigenvalue weighted by molar-refractivity contribution is -0.226. The molecule has 3 heteroatoms. The maximum atomic E-state index is 6.32. The van der Waals surface area contributed by atoms with Crippen LogP contribution in [0.4, 0.5) is 0 Å². The summed E-state index contributed by atoms with van der Waals surface area (Å²) < 4.78 is 13.7. The van der Waals surface area contributed by atoms with Crippen LogP contribution in [0.1, 0.15) is 59.1 Å². The number of ether oxygens (including phenoxy) is 2. The van der Waals surface area contributed by atoms with E-state index in [0.29, 0.717) is 13.2 Å². The molecule has 4 aromatic carbocycles. The molecule has 0 spiro atoms. The topological polar surface area (TPSA) is 18.5 Å². The molecule has 0 bridgehead atoms. The summed E-state index contributed by atoms with van der Waals surface area (Å²) in [6.45, 7) is 10.0. The predicted molar refractivity (Wildman–Crippen MR) is 149 cm³/mol. The van der Waals surface area contributed by atoms with E-state index in [1.807, 2.05) is 0 Å². The average molecular weight is 540 g/mol. The molecule has 0 amide bonds. The fourth-order valence-corrected chi connectivity index (χ4v) is 6.20. The second kappa shape index (κ2) is 8.69. The van der Waals surface area contributed by atoms with E-state index in [2.05, 4.69) is 129 Å². The second-order valence-electron chi connectivity index (χ2n) is 11.1. The summed E-state index contributed by atoms with van der Waals surface area (Å²) in [7, 11) is 0. The van der Waals surface area contributed by atoms with Gasteiger partial charge >= 0.3 is 0 Å². The standard InChI is InChI=1S/C33H31BrO2/c1-21-8-12-23(13-9-21)33(24-14-10-22(2)11-15-24)28-7-5-6-27(31-35-19-32(3,4)20-36-31)30(28)26-17-16-25(34)18-29(26)33/h5-18,31H,19-20H2,1-4H3. The van der Waals surface area contributed by atoms with Gasteiger partial charge in [0.15, 0.2) is 6.29 Å². The molecule has 182 valence electrons. The number of fused-ring (bicyclic) bond motifs is 3. The minimum Gasteiger partial charge on any atom is -0.348 e. The lowest BCUT2D eigenvalue weighted by Gasteiger charge is -2.36. The van der Waals surface area contributed by atoms with Crippen molar-refractivity contribution in [1.82, 2.24) is 0 Å². The molecule has 4 aromatic rings. The average Bonchev–Trinajstić information content (AvgIpc) is 3.15. The summed E-state index contributed by atoms with van der Waals surface area (Å²) in [4.78, 5) is 0. The highest BCUT2D eigenvalue weighted by Gasteiger charge is 2.48. The number of aryl methyl sites for hydroxylation is 2. The molecule has 0 aromatic heterocycles. The minimum atomic E-state index is -0.445. The molecule has 0 N–H and O–H groups in total. The molecule has 2 nitrogen and oxygen atoms in total. The van der Waals surface area contributed by atoms with Crippen LogP contribution >= 0.6 is 15.9 Å². The van der Waals surface area contributed by atoms with Crippen LogP contribution in [0, 0.1) is 19.3 Å². The molecule has 0 atom stereocenters. The highest BCUT2D eigenvalue weighted by atomic mass is 79.9. The fourth-order valence-electron chi connectivity index (χ4n) is 5.84. The maximum Gasteiger partial charge on any atom is 0.184 e. The highest BCUT2D eigenvalue weighted by Crippen LogP contribution is 2.58. The fraction of sp³-hybridized carbons (Fsp3) is 0.273. The third kappa shape index (κ3) is 3.68. The molecule has 0 unspecified atom stereocenters. The van der Waals surface area contributed by atoms with Crippen molar-refractivity contribution in [2.45, 2.75) is 39.4 Å². The van der Waals surface area contributed by atoms with E-state index in [1.54, 1.807) is 0 Å². The normalized spacial score (nSPS) is 18.0. The molecule has 1 aliphatic carbocycles. The Labute approximate surface area is 222 Å². The molecule has 6 rings (SSSR count). The van der Waals surface area contributed by atoms with Crippen LogP contribution in [0.5, 0.6) is 0 Å². The van der Waals surface area contributed by atoms with Gasteiger partial charge in [0, 0.05) is 15.5 Å². The number of halogens is 1. The van der Waals surface area contributed by atoms with Crippen molar-refractivity contribution in [1.29, 1.82) is 0 Å². The molecule has 2 aliphatic rings. The van der Waals surface area contributed by atoms with E-state index < -0.39 is 5.41 Å². The lowest BCUT2D eigenvalue weighted by atomic mass is 9.67. The summed E-state index contributed by atoms with van der Waals surface area (Å²) >= 11 is 3.79. The van der Waals surface area contributed by atoms with Crippen LogP contribution in [0.2, 0.25) is 0 Å². The zero-order valence-corrected chi connectivity index (χ0v) is 22.9. The number of hydrogen-bond acceptors (Lipinski definition) is 2. The number of benzene rings is 4. The van der Waals surface area contributed by atoms with Crippen LogP contribution in [0.25, 0.3) is 11.1 Å². The Hall–Kier alpha value is -2.72. The molecule has 1 fully saturated rings. The first-order valence-electron chi connectivity index (χ1n) is 12.6. The summed E-state index contributed by atoms with van der Waals surface area (Å²) in [5.41, 5.74) is 10.7. The van der Waals surface area contributed by atoms with Crippen molar-refractivity contribution in [3.63, 3.8) is 0 Å². The second-order valence-corrected chi connectivity index (χ2v) is 12.0. The molecule has 1 heterocycles. The molecular weight excluding hydrogens is 508 g/mol. The van der Waals surface area contributed by atoms with E-state index in [0.717, 1.165) is 10.0 Å². The van der Waals surface area contributed by atoms with Crippen molar-refractivity contribution < 1.29 is 9.47 Å². The third-order valence-corrected chi connectivity index (χ3v) is 8.12. The number of hydrogen-bond donors (Lipinski definition) is 0. The summed E-state index contributed by atoms with van der Waals surface area (Å²) in [6.07, 6.45) is -0.378. The van der Waals surface area contributed by atoms with E-state index in [4.69, 9.17) is 9.47 Å². The van der Waals surface area contributed by atoms with Crippen LogP contribution in [-0.4, -0.2) is 13.2 Å². The van der Waals surface area contributed by atoms with Gasteiger partial charge in [0.1, 0.15) is 0 Å².